The Morgan fingerprint density at radius 2 is 1.61 bits per heavy atom. The molecule has 0 unspecified atom stereocenters. The van der Waals surface area contributed by atoms with E-state index in [1.165, 1.54) is 64.2 Å². The molecule has 8 heteroatoms. The van der Waals surface area contributed by atoms with E-state index < -0.39 is 5.97 Å². The Hall–Kier alpha value is -2.74. The first kappa shape index (κ1) is 28.4. The lowest BCUT2D eigenvalue weighted by Crippen LogP contribution is -2.58. The van der Waals surface area contributed by atoms with E-state index in [0.29, 0.717) is 23.6 Å². The van der Waals surface area contributed by atoms with Gasteiger partial charge in [0.25, 0.3) is 5.56 Å². The molecule has 1 aromatic carbocycles. The minimum atomic E-state index is -0.690. The van der Waals surface area contributed by atoms with Crippen LogP contribution in [0.3, 0.4) is 0 Å². The van der Waals surface area contributed by atoms with E-state index in [-0.39, 0.29) is 35.7 Å². The first-order valence-corrected chi connectivity index (χ1v) is 16.1. The molecule has 4 bridgehead atoms. The molecule has 41 heavy (non-hydrogen) atoms. The van der Waals surface area contributed by atoms with Crippen molar-refractivity contribution in [1.82, 2.24) is 14.5 Å². The van der Waals surface area contributed by atoms with Crippen LogP contribution in [-0.4, -0.2) is 57.0 Å². The van der Waals surface area contributed by atoms with Gasteiger partial charge in [0.15, 0.2) is 5.69 Å². The highest BCUT2D eigenvalue weighted by molar-refractivity contribution is 6.42. The zero-order valence-electron chi connectivity index (χ0n) is 25.0. The lowest BCUT2D eigenvalue weighted by atomic mass is 9.73. The monoisotopic (exact) mass is 562 g/mol. The van der Waals surface area contributed by atoms with Crippen LogP contribution in [0.2, 0.25) is 0 Å². The summed E-state index contributed by atoms with van der Waals surface area (Å²) in [7, 11) is 0. The fourth-order valence-corrected chi connectivity index (χ4v) is 8.51. The van der Waals surface area contributed by atoms with Gasteiger partial charge in [-0.1, -0.05) is 49.4 Å². The molecule has 222 valence electrons. The molecule has 0 radical (unpaired) electrons. The minimum Gasteiger partial charge on any atom is -0.461 e. The summed E-state index contributed by atoms with van der Waals surface area (Å²) in [5, 5.41) is 4.09. The highest BCUT2D eigenvalue weighted by Crippen LogP contribution is 2.47. The Balaban J connectivity index is 1.36. The summed E-state index contributed by atoms with van der Waals surface area (Å²) in [5.74, 6) is 1.09. The molecule has 0 spiro atoms. The van der Waals surface area contributed by atoms with Crippen LogP contribution in [0.5, 0.6) is 0 Å². The average Bonchev–Trinajstić information content (AvgIpc) is 3.11. The molecule has 2 aliphatic carbocycles. The van der Waals surface area contributed by atoms with Crippen molar-refractivity contribution >= 4 is 22.7 Å². The number of rotatable bonds is 7. The van der Waals surface area contributed by atoms with Crippen LogP contribution in [0, 0.1) is 11.8 Å². The number of ether oxygens (including phenoxy) is 1. The predicted octanol–water partition coefficient (Wildman–Crippen LogP) is 6.01. The maximum Gasteiger partial charge on any atom is 0.362 e. The number of esters is 1. The summed E-state index contributed by atoms with van der Waals surface area (Å²) in [4.78, 5) is 40.3. The third kappa shape index (κ3) is 5.81. The lowest BCUT2D eigenvalue weighted by molar-refractivity contribution is -0.135. The van der Waals surface area contributed by atoms with E-state index in [0.717, 1.165) is 30.2 Å². The zero-order valence-corrected chi connectivity index (χ0v) is 25.0. The summed E-state index contributed by atoms with van der Waals surface area (Å²) in [6.07, 6.45) is 15.1. The van der Waals surface area contributed by atoms with Gasteiger partial charge in [-0.25, -0.2) is 9.78 Å². The Bertz CT molecular complexity index is 1310. The normalized spacial score (nSPS) is 30.7. The third-order valence-corrected chi connectivity index (χ3v) is 9.99. The Morgan fingerprint density at radius 1 is 0.927 bits per heavy atom. The molecule has 8 nitrogen and oxygen atoms in total. The fraction of sp³-hybridized carbons (Fsp3) is 0.697. The van der Waals surface area contributed by atoms with Gasteiger partial charge in [0.2, 0.25) is 5.71 Å². The third-order valence-electron chi connectivity index (χ3n) is 9.99. The minimum absolute atomic E-state index is 0.00625. The van der Waals surface area contributed by atoms with Gasteiger partial charge >= 0.3 is 5.97 Å². The maximum atomic E-state index is 14.3. The van der Waals surface area contributed by atoms with Crippen molar-refractivity contribution in [1.29, 1.82) is 0 Å². The standard InChI is InChI=1S/C33H46N4O4/c1-4-40-33(39)31(35-41-21(2)3)30-32(38)37(29-15-8-7-14-28(29)34-30)27-19-24-12-9-13-25(20-27)36(24)26-17-22-10-5-6-11-23(16-22)18-26/h7-8,14-15,21-27H,4-6,9-13,16-20H2,1-3H3/b35-31-/t22-,23-,24-,25-/m1/s1. The number of hydrogen-bond acceptors (Lipinski definition) is 7. The van der Waals surface area contributed by atoms with E-state index in [4.69, 9.17) is 9.57 Å². The van der Waals surface area contributed by atoms with Crippen LogP contribution in [0.4, 0.5) is 0 Å². The number of carbonyl (C=O) groups is 1. The first-order chi connectivity index (χ1) is 19.9. The van der Waals surface area contributed by atoms with Gasteiger partial charge in [-0.2, -0.15) is 0 Å². The van der Waals surface area contributed by atoms with Crippen molar-refractivity contribution in [2.24, 2.45) is 17.0 Å². The quantitative estimate of drug-likeness (QED) is 0.234. The van der Waals surface area contributed by atoms with E-state index in [1.54, 1.807) is 6.92 Å². The topological polar surface area (TPSA) is 86.0 Å². The molecule has 1 aromatic heterocycles. The number of fused-ring (bicyclic) bond motifs is 5. The van der Waals surface area contributed by atoms with E-state index >= 15 is 0 Å². The van der Waals surface area contributed by atoms with E-state index in [1.807, 2.05) is 42.7 Å². The number of para-hydroxylation sites is 2. The van der Waals surface area contributed by atoms with Gasteiger partial charge in [-0.15, -0.1) is 0 Å². The lowest BCUT2D eigenvalue weighted by Gasteiger charge is -2.54. The Labute approximate surface area is 243 Å². The summed E-state index contributed by atoms with van der Waals surface area (Å²) in [6.45, 7) is 5.56. The smallest absolute Gasteiger partial charge is 0.362 e. The van der Waals surface area contributed by atoms with Crippen LogP contribution in [0.1, 0.15) is 110 Å². The maximum absolute atomic E-state index is 14.3. The molecule has 4 fully saturated rings. The second-order valence-electron chi connectivity index (χ2n) is 13.1. The molecule has 6 rings (SSSR count). The SMILES string of the molecule is CCOC(=O)/C(=N\OC(C)C)c1nc2ccccc2n(C2C[C@H]3CCC[C@H](C2)N3C2C[C@@H]3CCCC[C@@H](C2)C3)c1=O. The summed E-state index contributed by atoms with van der Waals surface area (Å²) in [6, 6.07) is 9.46. The van der Waals surface area contributed by atoms with Crippen molar-refractivity contribution < 1.29 is 14.4 Å². The molecule has 2 aliphatic heterocycles. The number of piperidine rings is 2. The molecule has 2 saturated carbocycles. The number of benzene rings is 1. The number of oxime groups is 1. The van der Waals surface area contributed by atoms with Crippen molar-refractivity contribution in [2.75, 3.05) is 6.61 Å². The van der Waals surface area contributed by atoms with Crippen LogP contribution < -0.4 is 5.56 Å². The van der Waals surface area contributed by atoms with Gasteiger partial charge < -0.3 is 14.1 Å². The average molecular weight is 563 g/mol. The summed E-state index contributed by atoms with van der Waals surface area (Å²) < 4.78 is 7.20. The molecule has 4 aliphatic rings. The Kier molecular flexibility index (Phi) is 8.47. The van der Waals surface area contributed by atoms with Gasteiger partial charge in [0.1, 0.15) is 6.10 Å². The number of aromatic nitrogens is 2. The molecule has 4 atom stereocenters. The van der Waals surface area contributed by atoms with Gasteiger partial charge in [-0.3, -0.25) is 9.69 Å². The first-order valence-electron chi connectivity index (χ1n) is 16.1. The van der Waals surface area contributed by atoms with Crippen LogP contribution in [-0.2, 0) is 14.4 Å². The van der Waals surface area contributed by atoms with Crippen molar-refractivity contribution in [2.45, 2.75) is 128 Å². The molecule has 3 heterocycles. The van der Waals surface area contributed by atoms with Gasteiger partial charge in [0.05, 0.1) is 17.6 Å². The Morgan fingerprint density at radius 3 is 2.27 bits per heavy atom. The van der Waals surface area contributed by atoms with Gasteiger partial charge in [0, 0.05) is 24.2 Å². The molecule has 0 N–H and O–H groups in total. The predicted molar refractivity (Wildman–Crippen MR) is 160 cm³/mol. The van der Waals surface area contributed by atoms with E-state index in [2.05, 4.69) is 15.0 Å². The summed E-state index contributed by atoms with van der Waals surface area (Å²) in [5.41, 5.74) is 1.05. The molecule has 2 saturated heterocycles. The van der Waals surface area contributed by atoms with E-state index in [9.17, 15) is 9.59 Å². The molecule has 0 amide bonds. The number of carbonyl (C=O) groups excluding carboxylic acids is 1. The molecule has 2 aromatic rings. The van der Waals surface area contributed by atoms with Crippen LogP contribution in [0.15, 0.2) is 34.2 Å². The molecular formula is C33H46N4O4. The second-order valence-corrected chi connectivity index (χ2v) is 13.1. The van der Waals surface area contributed by atoms with Crippen molar-refractivity contribution in [3.63, 3.8) is 0 Å². The molecular weight excluding hydrogens is 516 g/mol. The second kappa shape index (κ2) is 12.2. The fourth-order valence-electron chi connectivity index (χ4n) is 8.51. The number of nitrogens with zero attached hydrogens (tertiary/aromatic N) is 4. The van der Waals surface area contributed by atoms with Crippen LogP contribution >= 0.6 is 0 Å². The van der Waals surface area contributed by atoms with Gasteiger partial charge in [-0.05, 0) is 89.7 Å². The highest BCUT2D eigenvalue weighted by atomic mass is 16.6. The van der Waals surface area contributed by atoms with Crippen molar-refractivity contribution in [3.8, 4) is 0 Å². The number of hydrogen-bond donors (Lipinski definition) is 0. The zero-order chi connectivity index (χ0) is 28.5. The largest absolute Gasteiger partial charge is 0.461 e. The van der Waals surface area contributed by atoms with Crippen molar-refractivity contribution in [3.05, 3.63) is 40.3 Å². The highest BCUT2D eigenvalue weighted by Gasteiger charge is 2.45. The summed E-state index contributed by atoms with van der Waals surface area (Å²) >= 11 is 0. The van der Waals surface area contributed by atoms with Crippen LogP contribution in [0.25, 0.3) is 11.0 Å².